The van der Waals surface area contributed by atoms with Crippen LogP contribution in [0.2, 0.25) is 0 Å². The van der Waals surface area contributed by atoms with Crippen LogP contribution in [0.15, 0.2) is 0 Å². The lowest BCUT2D eigenvalue weighted by Crippen LogP contribution is -1.79. The van der Waals surface area contributed by atoms with Gasteiger partial charge in [0.25, 0.3) is 0 Å². The number of carbonyl (C=O) groups excluding carboxylic acids is 1. The minimum absolute atomic E-state index is 0.0814. The summed E-state index contributed by atoms with van der Waals surface area (Å²) in [4.78, 5) is 18.2. The Balaban J connectivity index is 2.66. The Bertz CT molecular complexity index is 66.1. The number of rotatable bonds is 6. The molecule has 0 rings (SSSR count). The third-order valence-corrected chi connectivity index (χ3v) is 1.69. The van der Waals surface area contributed by atoms with Gasteiger partial charge >= 0.3 is 0 Å². The Hall–Kier alpha value is 0.0600. The molecule has 0 radical (unpaired) electrons. The summed E-state index contributed by atoms with van der Waals surface area (Å²) in [5.41, 5.74) is 0. The Labute approximate surface area is 57.5 Å². The number of unbranched alkanes of at least 4 members (excludes halogenated alkanes) is 3. The number of carbonyl (C=O) groups is 1. The number of aldehydes is 1. The minimum atomic E-state index is 0.0814. The molecule has 0 aromatic rings. The Morgan fingerprint density at radius 3 is 2.67 bits per heavy atom. The van der Waals surface area contributed by atoms with E-state index in [1.165, 1.54) is 0 Å². The van der Waals surface area contributed by atoms with E-state index in [0.717, 1.165) is 31.7 Å². The molecule has 1 unspecified atom stereocenters. The topological polar surface area (TPSA) is 37.3 Å². The summed E-state index contributed by atoms with van der Waals surface area (Å²) >= 11 is 0. The highest BCUT2D eigenvalue weighted by Crippen LogP contribution is 2.07. The molecule has 0 aliphatic heterocycles. The van der Waals surface area contributed by atoms with Crippen molar-refractivity contribution < 1.29 is 9.69 Å². The second-order valence-corrected chi connectivity index (χ2v) is 2.74. The van der Waals surface area contributed by atoms with E-state index in [1.807, 2.05) is 0 Å². The highest BCUT2D eigenvalue weighted by Gasteiger charge is 1.86. The first kappa shape index (κ1) is 9.06. The Kier molecular flexibility index (Phi) is 8.11. The smallest absolute Gasteiger partial charge is 0.119 e. The lowest BCUT2D eigenvalue weighted by Gasteiger charge is -1.93. The van der Waals surface area contributed by atoms with Crippen molar-refractivity contribution in [3.63, 3.8) is 0 Å². The fraction of sp³-hybridized carbons (Fsp3) is 0.833. The zero-order valence-electron chi connectivity index (χ0n) is 5.47. The van der Waals surface area contributed by atoms with Crippen molar-refractivity contribution in [1.82, 2.24) is 0 Å². The molecule has 9 heavy (non-hydrogen) atoms. The fourth-order valence-corrected chi connectivity index (χ4v) is 1.02. The van der Waals surface area contributed by atoms with Crippen molar-refractivity contribution in [1.29, 1.82) is 0 Å². The van der Waals surface area contributed by atoms with Crippen LogP contribution in [0.3, 0.4) is 0 Å². The average molecular weight is 148 g/mol. The molecule has 0 heterocycles. The molecule has 0 saturated carbocycles. The standard InChI is InChI=1S/C6H13O2P/c7-5-3-1-2-4-6-9-8/h5,8-9H,1-4,6H2. The lowest BCUT2D eigenvalue weighted by molar-refractivity contribution is -0.107. The summed E-state index contributed by atoms with van der Waals surface area (Å²) in [6.45, 7) is 0. The molecule has 0 amide bonds. The van der Waals surface area contributed by atoms with E-state index >= 15 is 0 Å². The van der Waals surface area contributed by atoms with Crippen LogP contribution in [0, 0.1) is 0 Å². The zero-order chi connectivity index (χ0) is 6.95. The lowest BCUT2D eigenvalue weighted by atomic mass is 10.2. The summed E-state index contributed by atoms with van der Waals surface area (Å²) in [6.07, 6.45) is 5.64. The molecule has 0 spiro atoms. The van der Waals surface area contributed by atoms with Crippen molar-refractivity contribution >= 4 is 15.1 Å². The minimum Gasteiger partial charge on any atom is -0.377 e. The number of hydrogen-bond donors (Lipinski definition) is 1. The quantitative estimate of drug-likeness (QED) is 0.350. The molecule has 1 N–H and O–H groups in total. The van der Waals surface area contributed by atoms with Crippen molar-refractivity contribution in [3.05, 3.63) is 0 Å². The van der Waals surface area contributed by atoms with Gasteiger partial charge in [-0.15, -0.1) is 0 Å². The van der Waals surface area contributed by atoms with Crippen LogP contribution >= 0.6 is 8.81 Å². The Morgan fingerprint density at radius 1 is 1.33 bits per heavy atom. The third kappa shape index (κ3) is 8.06. The highest BCUT2D eigenvalue weighted by atomic mass is 31.1. The largest absolute Gasteiger partial charge is 0.377 e. The van der Waals surface area contributed by atoms with Crippen LogP contribution in [0.5, 0.6) is 0 Å². The maximum Gasteiger partial charge on any atom is 0.119 e. The molecular weight excluding hydrogens is 135 g/mol. The first-order valence-electron chi connectivity index (χ1n) is 3.22. The van der Waals surface area contributed by atoms with Crippen LogP contribution in [0.4, 0.5) is 0 Å². The first-order chi connectivity index (χ1) is 4.41. The molecule has 0 aliphatic carbocycles. The maximum atomic E-state index is 9.79. The van der Waals surface area contributed by atoms with E-state index in [-0.39, 0.29) is 8.81 Å². The second kappa shape index (κ2) is 8.06. The van der Waals surface area contributed by atoms with E-state index in [9.17, 15) is 4.79 Å². The molecule has 0 aromatic heterocycles. The van der Waals surface area contributed by atoms with Crippen molar-refractivity contribution in [3.8, 4) is 0 Å². The van der Waals surface area contributed by atoms with Gasteiger partial charge in [0.05, 0.1) is 0 Å². The molecule has 3 heteroatoms. The molecule has 54 valence electrons. The first-order valence-corrected chi connectivity index (χ1v) is 4.38. The van der Waals surface area contributed by atoms with E-state index in [1.54, 1.807) is 0 Å². The molecule has 0 saturated heterocycles. The second-order valence-electron chi connectivity index (χ2n) is 1.92. The summed E-state index contributed by atoms with van der Waals surface area (Å²) in [5.74, 6) is 0. The van der Waals surface area contributed by atoms with Gasteiger partial charge < -0.3 is 9.69 Å². The molecule has 1 atom stereocenters. The normalized spacial score (nSPS) is 10.8. The van der Waals surface area contributed by atoms with Crippen LogP contribution in [0.25, 0.3) is 0 Å². The van der Waals surface area contributed by atoms with Gasteiger partial charge in [0.15, 0.2) is 0 Å². The van der Waals surface area contributed by atoms with E-state index < -0.39 is 0 Å². The predicted octanol–water partition coefficient (Wildman–Crippen LogP) is 1.33. The summed E-state index contributed by atoms with van der Waals surface area (Å²) in [7, 11) is 0.0814. The zero-order valence-corrected chi connectivity index (χ0v) is 6.47. The van der Waals surface area contributed by atoms with Crippen molar-refractivity contribution in [2.24, 2.45) is 0 Å². The number of hydrogen-bond acceptors (Lipinski definition) is 2. The average Bonchev–Trinajstić information content (AvgIpc) is 1.89. The van der Waals surface area contributed by atoms with E-state index in [2.05, 4.69) is 0 Å². The van der Waals surface area contributed by atoms with E-state index in [0.29, 0.717) is 6.42 Å². The monoisotopic (exact) mass is 148 g/mol. The molecule has 0 fully saturated rings. The maximum absolute atomic E-state index is 9.79. The summed E-state index contributed by atoms with van der Waals surface area (Å²) in [5, 5.41) is 0. The van der Waals surface area contributed by atoms with Gasteiger partial charge in [-0.3, -0.25) is 0 Å². The van der Waals surface area contributed by atoms with Crippen molar-refractivity contribution in [2.45, 2.75) is 25.7 Å². The van der Waals surface area contributed by atoms with E-state index in [4.69, 9.17) is 4.89 Å². The van der Waals surface area contributed by atoms with Crippen molar-refractivity contribution in [2.75, 3.05) is 6.16 Å². The Morgan fingerprint density at radius 2 is 2.11 bits per heavy atom. The SMILES string of the molecule is O=CCCCCCPO. The molecule has 0 aromatic carbocycles. The van der Waals surface area contributed by atoms with Crippen LogP contribution < -0.4 is 0 Å². The van der Waals surface area contributed by atoms with Gasteiger partial charge in [-0.25, -0.2) is 0 Å². The van der Waals surface area contributed by atoms with Gasteiger partial charge in [0.2, 0.25) is 0 Å². The third-order valence-electron chi connectivity index (χ3n) is 1.11. The highest BCUT2D eigenvalue weighted by molar-refractivity contribution is 7.31. The molecule has 2 nitrogen and oxygen atoms in total. The van der Waals surface area contributed by atoms with Crippen LogP contribution in [-0.4, -0.2) is 17.3 Å². The van der Waals surface area contributed by atoms with Gasteiger partial charge in [-0.2, -0.15) is 0 Å². The van der Waals surface area contributed by atoms with Gasteiger partial charge in [0.1, 0.15) is 6.29 Å². The van der Waals surface area contributed by atoms with Crippen LogP contribution in [-0.2, 0) is 4.79 Å². The van der Waals surface area contributed by atoms with Crippen LogP contribution in [0.1, 0.15) is 25.7 Å². The summed E-state index contributed by atoms with van der Waals surface area (Å²) < 4.78 is 0. The van der Waals surface area contributed by atoms with Gasteiger partial charge in [-0.05, 0) is 19.0 Å². The fourth-order valence-electron chi connectivity index (χ4n) is 0.609. The molecule has 0 bridgehead atoms. The molecule has 0 aliphatic rings. The predicted molar refractivity (Wildman–Crippen MR) is 39.9 cm³/mol. The van der Waals surface area contributed by atoms with Gasteiger partial charge in [-0.1, -0.05) is 6.42 Å². The summed E-state index contributed by atoms with van der Waals surface area (Å²) in [6, 6.07) is 0. The molecular formula is C6H13O2P. The van der Waals surface area contributed by atoms with Gasteiger partial charge in [0, 0.05) is 15.2 Å².